The molecule has 0 fully saturated rings. The van der Waals surface area contributed by atoms with Crippen LogP contribution < -0.4 is 5.73 Å². The summed E-state index contributed by atoms with van der Waals surface area (Å²) in [5.74, 6) is -2.07. The van der Waals surface area contributed by atoms with Crippen molar-refractivity contribution in [3.63, 3.8) is 0 Å². The van der Waals surface area contributed by atoms with Gasteiger partial charge in [-0.05, 0) is 24.6 Å². The molecule has 6 heteroatoms. The maximum absolute atomic E-state index is 13.6. The minimum absolute atomic E-state index is 0.0551. The van der Waals surface area contributed by atoms with Crippen molar-refractivity contribution in [2.75, 3.05) is 5.73 Å². The lowest BCUT2D eigenvalue weighted by Crippen LogP contribution is -1.97. The zero-order chi connectivity index (χ0) is 12.6. The van der Waals surface area contributed by atoms with Crippen molar-refractivity contribution < 1.29 is 13.2 Å². The molecule has 0 aliphatic heterocycles. The Morgan fingerprint density at radius 1 is 1.29 bits per heavy atom. The van der Waals surface area contributed by atoms with Crippen LogP contribution in [0.4, 0.5) is 19.0 Å². The summed E-state index contributed by atoms with van der Waals surface area (Å²) in [5, 5.41) is 6.02. The van der Waals surface area contributed by atoms with Gasteiger partial charge in [-0.25, -0.2) is 13.2 Å². The van der Waals surface area contributed by atoms with Gasteiger partial charge >= 0.3 is 0 Å². The highest BCUT2D eigenvalue weighted by molar-refractivity contribution is 5.74. The molecule has 3 N–H and O–H groups in total. The molecule has 3 nitrogen and oxygen atoms in total. The Morgan fingerprint density at radius 3 is 2.53 bits per heavy atom. The van der Waals surface area contributed by atoms with E-state index in [-0.39, 0.29) is 22.5 Å². The van der Waals surface area contributed by atoms with Crippen molar-refractivity contribution in [1.82, 2.24) is 10.2 Å². The standard InChI is InChI=1S/C11H10F3N3/c1-5(12)6-2-7(10(14)9(13)3-6)8-4-16-17-11(8)15/h2-5H,1H3,(H3,15,16,17). The highest BCUT2D eigenvalue weighted by atomic mass is 19.2. The molecule has 0 saturated carbocycles. The summed E-state index contributed by atoms with van der Waals surface area (Å²) in [6.45, 7) is 1.25. The fourth-order valence-electron chi connectivity index (χ4n) is 1.55. The number of hydrogen-bond donors (Lipinski definition) is 2. The van der Waals surface area contributed by atoms with Crippen LogP contribution in [0, 0.1) is 11.6 Å². The Labute approximate surface area is 95.5 Å². The van der Waals surface area contributed by atoms with Crippen LogP contribution in [0.5, 0.6) is 0 Å². The third kappa shape index (κ3) is 1.98. The molecule has 0 amide bonds. The van der Waals surface area contributed by atoms with E-state index in [2.05, 4.69) is 10.2 Å². The van der Waals surface area contributed by atoms with Crippen molar-refractivity contribution in [2.24, 2.45) is 0 Å². The third-order valence-electron chi connectivity index (χ3n) is 2.47. The summed E-state index contributed by atoms with van der Waals surface area (Å²) < 4.78 is 40.0. The molecule has 0 spiro atoms. The molecule has 90 valence electrons. The summed E-state index contributed by atoms with van der Waals surface area (Å²) in [4.78, 5) is 0. The van der Waals surface area contributed by atoms with E-state index in [9.17, 15) is 13.2 Å². The average molecular weight is 241 g/mol. The SMILES string of the molecule is CC(F)c1cc(F)c(F)c(-c2cn[nH]c2N)c1. The highest BCUT2D eigenvalue weighted by Gasteiger charge is 2.17. The molecular weight excluding hydrogens is 231 g/mol. The summed E-state index contributed by atoms with van der Waals surface area (Å²) >= 11 is 0. The number of anilines is 1. The second-order valence-electron chi connectivity index (χ2n) is 3.68. The number of benzene rings is 1. The number of H-pyrrole nitrogens is 1. The van der Waals surface area contributed by atoms with Crippen molar-refractivity contribution in [3.8, 4) is 11.1 Å². The number of nitrogen functional groups attached to an aromatic ring is 1. The van der Waals surface area contributed by atoms with Gasteiger partial charge < -0.3 is 5.73 Å². The van der Waals surface area contributed by atoms with E-state index >= 15 is 0 Å². The van der Waals surface area contributed by atoms with Crippen molar-refractivity contribution >= 4 is 5.82 Å². The number of aromatic nitrogens is 2. The predicted octanol–water partition coefficient (Wildman–Crippen LogP) is 2.97. The van der Waals surface area contributed by atoms with E-state index in [1.165, 1.54) is 19.2 Å². The number of aromatic amines is 1. The molecule has 0 bridgehead atoms. The zero-order valence-electron chi connectivity index (χ0n) is 8.97. The molecule has 2 rings (SSSR count). The number of nitrogens with one attached hydrogen (secondary N) is 1. The molecule has 1 aromatic heterocycles. The number of nitrogens with two attached hydrogens (primary N) is 1. The van der Waals surface area contributed by atoms with Crippen LogP contribution in [-0.2, 0) is 0 Å². The Balaban J connectivity index is 2.65. The van der Waals surface area contributed by atoms with E-state index in [0.717, 1.165) is 6.07 Å². The van der Waals surface area contributed by atoms with Gasteiger partial charge in [0.2, 0.25) is 0 Å². The number of halogens is 3. The van der Waals surface area contributed by atoms with Crippen LogP contribution in [0.2, 0.25) is 0 Å². The van der Waals surface area contributed by atoms with Gasteiger partial charge in [-0.1, -0.05) is 0 Å². The molecular formula is C11H10F3N3. The van der Waals surface area contributed by atoms with E-state index < -0.39 is 17.8 Å². The minimum atomic E-state index is -1.39. The van der Waals surface area contributed by atoms with Crippen LogP contribution >= 0.6 is 0 Å². The summed E-state index contributed by atoms with van der Waals surface area (Å²) in [6, 6.07) is 2.06. The summed E-state index contributed by atoms with van der Waals surface area (Å²) in [6.07, 6.45) is -0.128. The third-order valence-corrected chi connectivity index (χ3v) is 2.47. The minimum Gasteiger partial charge on any atom is -0.384 e. The first-order valence-corrected chi connectivity index (χ1v) is 4.93. The Morgan fingerprint density at radius 2 is 2.00 bits per heavy atom. The van der Waals surface area contributed by atoms with Gasteiger partial charge in [-0.3, -0.25) is 5.10 Å². The molecule has 17 heavy (non-hydrogen) atoms. The molecule has 0 saturated heterocycles. The monoisotopic (exact) mass is 241 g/mol. The summed E-state index contributed by atoms with van der Waals surface area (Å²) in [7, 11) is 0. The smallest absolute Gasteiger partial charge is 0.166 e. The first-order valence-electron chi connectivity index (χ1n) is 4.93. The predicted molar refractivity (Wildman–Crippen MR) is 57.9 cm³/mol. The molecule has 1 atom stereocenters. The second-order valence-corrected chi connectivity index (χ2v) is 3.68. The first-order chi connectivity index (χ1) is 8.00. The largest absolute Gasteiger partial charge is 0.384 e. The molecule has 1 heterocycles. The number of nitrogens with zero attached hydrogens (tertiary/aromatic N) is 1. The van der Waals surface area contributed by atoms with E-state index in [4.69, 9.17) is 5.73 Å². The Kier molecular flexibility index (Phi) is 2.79. The molecule has 1 unspecified atom stereocenters. The molecule has 2 aromatic rings. The maximum Gasteiger partial charge on any atom is 0.166 e. The molecule has 1 aromatic carbocycles. The normalized spacial score (nSPS) is 12.7. The quantitative estimate of drug-likeness (QED) is 0.849. The highest BCUT2D eigenvalue weighted by Crippen LogP contribution is 2.31. The van der Waals surface area contributed by atoms with Gasteiger partial charge in [0.25, 0.3) is 0 Å². The van der Waals surface area contributed by atoms with Gasteiger partial charge in [0.1, 0.15) is 12.0 Å². The van der Waals surface area contributed by atoms with Crippen molar-refractivity contribution in [3.05, 3.63) is 35.5 Å². The van der Waals surface area contributed by atoms with Gasteiger partial charge in [-0.2, -0.15) is 5.10 Å². The van der Waals surface area contributed by atoms with Crippen LogP contribution in [0.25, 0.3) is 11.1 Å². The van der Waals surface area contributed by atoms with Crippen LogP contribution in [0.1, 0.15) is 18.7 Å². The van der Waals surface area contributed by atoms with Gasteiger partial charge in [0, 0.05) is 11.1 Å². The topological polar surface area (TPSA) is 54.7 Å². The first kappa shape index (κ1) is 11.5. The fraction of sp³-hybridized carbons (Fsp3) is 0.182. The molecule has 0 aliphatic rings. The van der Waals surface area contributed by atoms with Crippen LogP contribution in [0.15, 0.2) is 18.3 Å². The average Bonchev–Trinajstić information content (AvgIpc) is 2.68. The van der Waals surface area contributed by atoms with Crippen molar-refractivity contribution in [1.29, 1.82) is 0 Å². The zero-order valence-corrected chi connectivity index (χ0v) is 8.97. The summed E-state index contributed by atoms with van der Waals surface area (Å²) in [5.41, 5.74) is 5.68. The molecule has 0 radical (unpaired) electrons. The van der Waals surface area contributed by atoms with Crippen LogP contribution in [-0.4, -0.2) is 10.2 Å². The van der Waals surface area contributed by atoms with E-state index in [1.54, 1.807) is 0 Å². The lowest BCUT2D eigenvalue weighted by Gasteiger charge is -2.08. The lowest BCUT2D eigenvalue weighted by molar-refractivity contribution is 0.371. The Hall–Kier alpha value is -1.98. The Bertz CT molecular complexity index is 549. The van der Waals surface area contributed by atoms with E-state index in [1.807, 2.05) is 0 Å². The van der Waals surface area contributed by atoms with Crippen molar-refractivity contribution in [2.45, 2.75) is 13.1 Å². The molecule has 0 aliphatic carbocycles. The maximum atomic E-state index is 13.6. The van der Waals surface area contributed by atoms with E-state index in [0.29, 0.717) is 0 Å². The van der Waals surface area contributed by atoms with Crippen LogP contribution in [0.3, 0.4) is 0 Å². The van der Waals surface area contributed by atoms with Gasteiger partial charge in [-0.15, -0.1) is 0 Å². The number of alkyl halides is 1. The second kappa shape index (κ2) is 4.12. The lowest BCUT2D eigenvalue weighted by atomic mass is 10.0. The van der Waals surface area contributed by atoms with Gasteiger partial charge in [0.15, 0.2) is 11.6 Å². The van der Waals surface area contributed by atoms with Gasteiger partial charge in [0.05, 0.1) is 6.20 Å². The fourth-order valence-corrected chi connectivity index (χ4v) is 1.55. The number of hydrogen-bond acceptors (Lipinski definition) is 2. The number of rotatable bonds is 2.